The number of hydrogen-bond acceptors (Lipinski definition) is 9. The van der Waals surface area contributed by atoms with Crippen molar-refractivity contribution in [2.45, 2.75) is 19.5 Å². The van der Waals surface area contributed by atoms with Crippen molar-refractivity contribution in [3.63, 3.8) is 0 Å². The molecule has 10 nitrogen and oxygen atoms in total. The molecular weight excluding hydrogens is 492 g/mol. The van der Waals surface area contributed by atoms with Crippen LogP contribution in [0.15, 0.2) is 62.5 Å². The molecule has 11 heteroatoms. The highest BCUT2D eigenvalue weighted by Gasteiger charge is 2.27. The van der Waals surface area contributed by atoms with Gasteiger partial charge < -0.3 is 20.9 Å². The number of carbonyl (C=O) groups is 1. The summed E-state index contributed by atoms with van der Waals surface area (Å²) in [6, 6.07) is 9.54. The molecule has 0 atom stereocenters. The van der Waals surface area contributed by atoms with Crippen molar-refractivity contribution in [2.24, 2.45) is 0 Å². The molecule has 1 aliphatic heterocycles. The maximum absolute atomic E-state index is 12.8. The lowest BCUT2D eigenvalue weighted by atomic mass is 9.96. The van der Waals surface area contributed by atoms with Gasteiger partial charge in [0.15, 0.2) is 0 Å². The van der Waals surface area contributed by atoms with E-state index in [0.29, 0.717) is 35.4 Å². The van der Waals surface area contributed by atoms with E-state index in [-0.39, 0.29) is 23.6 Å². The molecule has 1 amide bonds. The second-order valence-electron chi connectivity index (χ2n) is 8.86. The highest BCUT2D eigenvalue weighted by molar-refractivity contribution is 7.17. The second kappa shape index (κ2) is 8.79. The Morgan fingerprint density at radius 3 is 2.81 bits per heavy atom. The highest BCUT2D eigenvalue weighted by Crippen LogP contribution is 2.30. The van der Waals surface area contributed by atoms with Gasteiger partial charge in [0.05, 0.1) is 5.39 Å². The maximum Gasteiger partial charge on any atom is 0.287 e. The van der Waals surface area contributed by atoms with Gasteiger partial charge in [0.2, 0.25) is 5.82 Å². The smallest absolute Gasteiger partial charge is 0.287 e. The molecule has 0 radical (unpaired) electrons. The summed E-state index contributed by atoms with van der Waals surface area (Å²) in [6.45, 7) is 1.28. The number of carbonyl (C=O) groups excluding carboxylic acids is 1. The summed E-state index contributed by atoms with van der Waals surface area (Å²) in [4.78, 5) is 62.5. The number of nitrogens with zero attached hydrogens (tertiary/aromatic N) is 3. The standard InChI is InChI=1S/C26H20N6O4S/c27-19-20(22(34)21(19)33)32-7-5-14-4-3-13(8-16(14)11-32)9-29-25(36)23-30-24(35)18-17(12-37-26(18)31-23)15-2-1-6-28-10-15/h1-4,6,8,10,12H,5,7,9,11,27H2,(H,29,36)(H,30,31,35). The zero-order valence-corrected chi connectivity index (χ0v) is 20.2. The fourth-order valence-corrected chi connectivity index (χ4v) is 5.63. The summed E-state index contributed by atoms with van der Waals surface area (Å²) in [6.07, 6.45) is 4.05. The number of amides is 1. The summed E-state index contributed by atoms with van der Waals surface area (Å²) in [5.74, 6) is -0.553. The Labute approximate surface area is 213 Å². The number of anilines is 2. The number of hydrogen-bond donors (Lipinski definition) is 3. The molecule has 0 aliphatic carbocycles. The van der Waals surface area contributed by atoms with E-state index >= 15 is 0 Å². The van der Waals surface area contributed by atoms with Gasteiger partial charge >= 0.3 is 0 Å². The first-order valence-corrected chi connectivity index (χ1v) is 12.4. The molecule has 4 N–H and O–H groups in total. The number of H-pyrrole nitrogens is 1. The largest absolute Gasteiger partial charge is 0.394 e. The number of aromatic nitrogens is 3. The van der Waals surface area contributed by atoms with E-state index in [0.717, 1.165) is 27.8 Å². The Morgan fingerprint density at radius 1 is 1.16 bits per heavy atom. The van der Waals surface area contributed by atoms with E-state index in [2.05, 4.69) is 20.3 Å². The fraction of sp³-hybridized carbons (Fsp3) is 0.154. The molecule has 5 aromatic rings. The van der Waals surface area contributed by atoms with E-state index in [1.165, 1.54) is 11.3 Å². The molecule has 184 valence electrons. The van der Waals surface area contributed by atoms with Gasteiger partial charge in [-0.05, 0) is 29.2 Å². The van der Waals surface area contributed by atoms with Gasteiger partial charge in [0.1, 0.15) is 16.2 Å². The highest BCUT2D eigenvalue weighted by atomic mass is 32.1. The van der Waals surface area contributed by atoms with Crippen LogP contribution in [-0.2, 0) is 19.5 Å². The third-order valence-corrected chi connectivity index (χ3v) is 7.48. The minimum absolute atomic E-state index is 0.0219. The molecular formula is C26H20N6O4S. The molecule has 3 aromatic heterocycles. The van der Waals surface area contributed by atoms with Crippen LogP contribution in [0.3, 0.4) is 0 Å². The van der Waals surface area contributed by atoms with E-state index in [1.54, 1.807) is 18.5 Å². The van der Waals surface area contributed by atoms with E-state index in [1.807, 2.05) is 34.5 Å². The van der Waals surface area contributed by atoms with Crippen molar-refractivity contribution < 1.29 is 4.79 Å². The topological polar surface area (TPSA) is 151 Å². The van der Waals surface area contributed by atoms with Crippen LogP contribution in [0, 0.1) is 0 Å². The second-order valence-corrected chi connectivity index (χ2v) is 9.72. The summed E-state index contributed by atoms with van der Waals surface area (Å²) >= 11 is 1.29. The van der Waals surface area contributed by atoms with Crippen LogP contribution in [0.2, 0.25) is 0 Å². The Kier molecular flexibility index (Phi) is 5.41. The van der Waals surface area contributed by atoms with Crippen LogP contribution in [0.4, 0.5) is 11.4 Å². The van der Waals surface area contributed by atoms with Crippen LogP contribution >= 0.6 is 11.3 Å². The molecule has 0 saturated heterocycles. The first-order chi connectivity index (χ1) is 17.9. The first-order valence-electron chi connectivity index (χ1n) is 11.5. The van der Waals surface area contributed by atoms with E-state index < -0.39 is 16.8 Å². The lowest BCUT2D eigenvalue weighted by Gasteiger charge is -2.32. The molecule has 4 heterocycles. The Bertz CT molecular complexity index is 1820. The van der Waals surface area contributed by atoms with E-state index in [9.17, 15) is 19.2 Å². The molecule has 0 saturated carbocycles. The van der Waals surface area contributed by atoms with Crippen LogP contribution in [-0.4, -0.2) is 27.4 Å². The number of rotatable bonds is 5. The Balaban J connectivity index is 1.19. The lowest BCUT2D eigenvalue weighted by Crippen LogP contribution is -2.44. The van der Waals surface area contributed by atoms with Crippen molar-refractivity contribution in [1.82, 2.24) is 20.3 Å². The molecule has 37 heavy (non-hydrogen) atoms. The maximum atomic E-state index is 12.8. The third-order valence-electron chi connectivity index (χ3n) is 6.60. The van der Waals surface area contributed by atoms with Gasteiger partial charge in [-0.25, -0.2) is 4.98 Å². The van der Waals surface area contributed by atoms with Crippen molar-refractivity contribution in [2.75, 3.05) is 17.2 Å². The van der Waals surface area contributed by atoms with Crippen LogP contribution in [0.25, 0.3) is 21.3 Å². The van der Waals surface area contributed by atoms with Gasteiger partial charge in [-0.2, -0.15) is 0 Å². The molecule has 0 unspecified atom stereocenters. The fourth-order valence-electron chi connectivity index (χ4n) is 4.68. The number of fused-ring (bicyclic) bond motifs is 2. The van der Waals surface area contributed by atoms with Crippen molar-refractivity contribution in [3.05, 3.63) is 101 Å². The van der Waals surface area contributed by atoms with Gasteiger partial charge in [-0.3, -0.25) is 24.2 Å². The lowest BCUT2D eigenvalue weighted by molar-refractivity contribution is 0.0940. The minimum Gasteiger partial charge on any atom is -0.394 e. The monoisotopic (exact) mass is 512 g/mol. The normalized spacial score (nSPS) is 13.1. The summed E-state index contributed by atoms with van der Waals surface area (Å²) in [5.41, 5.74) is 9.02. The van der Waals surface area contributed by atoms with Gasteiger partial charge in [0, 0.05) is 48.5 Å². The molecule has 0 fully saturated rings. The van der Waals surface area contributed by atoms with Crippen LogP contribution in [0.1, 0.15) is 27.3 Å². The number of aromatic amines is 1. The van der Waals surface area contributed by atoms with Crippen molar-refractivity contribution in [3.8, 4) is 11.1 Å². The van der Waals surface area contributed by atoms with Crippen LogP contribution in [0.5, 0.6) is 0 Å². The molecule has 2 aromatic carbocycles. The third kappa shape index (κ3) is 3.89. The van der Waals surface area contributed by atoms with Gasteiger partial charge in [0.25, 0.3) is 22.3 Å². The van der Waals surface area contributed by atoms with Crippen molar-refractivity contribution >= 4 is 38.8 Å². The number of nitrogen functional groups attached to an aromatic ring is 1. The number of pyridine rings is 1. The average Bonchev–Trinajstić information content (AvgIpc) is 3.36. The minimum atomic E-state index is -0.627. The zero-order chi connectivity index (χ0) is 25.7. The first kappa shape index (κ1) is 22.8. The Hall–Kier alpha value is -4.64. The zero-order valence-electron chi connectivity index (χ0n) is 19.4. The van der Waals surface area contributed by atoms with Crippen LogP contribution < -0.4 is 32.4 Å². The summed E-state index contributed by atoms with van der Waals surface area (Å²) in [7, 11) is 0. The number of benzene rings is 1. The van der Waals surface area contributed by atoms with Crippen molar-refractivity contribution in [1.29, 1.82) is 0 Å². The van der Waals surface area contributed by atoms with Gasteiger partial charge in [-0.1, -0.05) is 24.3 Å². The molecule has 0 spiro atoms. The predicted molar refractivity (Wildman–Crippen MR) is 142 cm³/mol. The molecule has 1 aliphatic rings. The van der Waals surface area contributed by atoms with Gasteiger partial charge in [-0.15, -0.1) is 11.3 Å². The quantitative estimate of drug-likeness (QED) is 0.301. The number of nitrogens with one attached hydrogen (secondary N) is 2. The number of thiophene rings is 1. The molecule has 6 rings (SSSR count). The summed E-state index contributed by atoms with van der Waals surface area (Å²) < 4.78 is 0. The molecule has 0 bridgehead atoms. The average molecular weight is 513 g/mol. The SMILES string of the molecule is Nc1c(N2CCc3ccc(CNC(=O)c4nc5scc(-c6cccnc6)c5c(=O)[nH]4)cc3C2)c(=O)c1=O. The summed E-state index contributed by atoms with van der Waals surface area (Å²) in [5, 5.41) is 5.07. The van der Waals surface area contributed by atoms with E-state index in [4.69, 9.17) is 5.73 Å². The Morgan fingerprint density at radius 2 is 2.03 bits per heavy atom. The predicted octanol–water partition coefficient (Wildman–Crippen LogP) is 1.72. The number of nitrogens with two attached hydrogens (primary N) is 1.